The van der Waals surface area contributed by atoms with E-state index in [-0.39, 0.29) is 5.91 Å². The summed E-state index contributed by atoms with van der Waals surface area (Å²) in [7, 11) is 0. The second-order valence-corrected chi connectivity index (χ2v) is 6.38. The number of nitriles is 1. The highest BCUT2D eigenvalue weighted by Crippen LogP contribution is 2.27. The number of amides is 1. The Morgan fingerprint density at radius 2 is 2.12 bits per heavy atom. The van der Waals surface area contributed by atoms with Crippen molar-refractivity contribution in [1.29, 1.82) is 5.26 Å². The molecule has 25 heavy (non-hydrogen) atoms. The molecule has 0 aliphatic heterocycles. The molecule has 2 aromatic heterocycles. The summed E-state index contributed by atoms with van der Waals surface area (Å²) in [5.41, 5.74) is 5.06. The molecule has 1 aliphatic rings. The first-order valence-corrected chi connectivity index (χ1v) is 8.33. The van der Waals surface area contributed by atoms with E-state index in [1.165, 1.54) is 5.56 Å². The molecule has 3 aromatic rings. The molecular weight excluding hydrogens is 314 g/mol. The van der Waals surface area contributed by atoms with Crippen molar-refractivity contribution < 1.29 is 4.79 Å². The third kappa shape index (κ3) is 2.64. The van der Waals surface area contributed by atoms with Gasteiger partial charge >= 0.3 is 0 Å². The minimum Gasteiger partial charge on any atom is -0.305 e. The van der Waals surface area contributed by atoms with E-state index in [1.807, 2.05) is 19.2 Å². The van der Waals surface area contributed by atoms with Crippen molar-refractivity contribution in [2.24, 2.45) is 0 Å². The highest BCUT2D eigenvalue weighted by atomic mass is 16.1. The third-order valence-corrected chi connectivity index (χ3v) is 4.77. The van der Waals surface area contributed by atoms with Gasteiger partial charge in [-0.15, -0.1) is 0 Å². The molecule has 6 nitrogen and oxygen atoms in total. The molecule has 0 unspecified atom stereocenters. The monoisotopic (exact) mass is 331 g/mol. The molecule has 1 aromatic carbocycles. The van der Waals surface area contributed by atoms with E-state index in [0.29, 0.717) is 16.9 Å². The Kier molecular flexibility index (Phi) is 3.69. The normalized spacial score (nSPS) is 13.3. The maximum Gasteiger partial charge on any atom is 0.258 e. The van der Waals surface area contributed by atoms with E-state index >= 15 is 0 Å². The van der Waals surface area contributed by atoms with Gasteiger partial charge in [-0.3, -0.25) is 14.9 Å². The molecule has 0 atom stereocenters. The fraction of sp³-hybridized carbons (Fsp3) is 0.263. The summed E-state index contributed by atoms with van der Waals surface area (Å²) in [5.74, 6) is 0.280. The predicted octanol–water partition coefficient (Wildman–Crippen LogP) is 3.27. The Labute approximate surface area is 144 Å². The van der Waals surface area contributed by atoms with Crippen molar-refractivity contribution in [3.05, 3.63) is 52.3 Å². The molecule has 0 saturated heterocycles. The molecule has 2 heterocycles. The van der Waals surface area contributed by atoms with Gasteiger partial charge in [0.15, 0.2) is 5.82 Å². The zero-order chi connectivity index (χ0) is 17.4. The quantitative estimate of drug-likeness (QED) is 0.753. The van der Waals surface area contributed by atoms with Crippen LogP contribution in [0.4, 0.5) is 5.82 Å². The maximum absolute atomic E-state index is 12.8. The van der Waals surface area contributed by atoms with Gasteiger partial charge in [-0.05, 0) is 61.4 Å². The number of H-pyrrole nitrogens is 1. The van der Waals surface area contributed by atoms with Crippen LogP contribution in [0.2, 0.25) is 0 Å². The van der Waals surface area contributed by atoms with Gasteiger partial charge in [0.1, 0.15) is 0 Å². The molecule has 1 amide bonds. The number of benzene rings is 1. The molecule has 124 valence electrons. The summed E-state index contributed by atoms with van der Waals surface area (Å²) in [4.78, 5) is 17.0. The first-order valence-electron chi connectivity index (χ1n) is 8.33. The van der Waals surface area contributed by atoms with Gasteiger partial charge in [0, 0.05) is 17.8 Å². The van der Waals surface area contributed by atoms with Crippen LogP contribution in [-0.4, -0.2) is 21.1 Å². The molecular formula is C19H17N5O. The van der Waals surface area contributed by atoms with Crippen LogP contribution >= 0.6 is 0 Å². The zero-order valence-corrected chi connectivity index (χ0v) is 13.9. The van der Waals surface area contributed by atoms with Gasteiger partial charge in [0.2, 0.25) is 0 Å². The lowest BCUT2D eigenvalue weighted by molar-refractivity contribution is 0.102. The number of carbonyl (C=O) groups excluding carboxylic acids is 1. The second kappa shape index (κ2) is 6.02. The molecule has 0 spiro atoms. The number of anilines is 1. The fourth-order valence-electron chi connectivity index (χ4n) is 3.42. The minimum absolute atomic E-state index is 0.193. The molecule has 4 rings (SSSR count). The second-order valence-electron chi connectivity index (χ2n) is 6.38. The fourth-order valence-corrected chi connectivity index (χ4v) is 3.42. The zero-order valence-electron chi connectivity index (χ0n) is 13.9. The van der Waals surface area contributed by atoms with Gasteiger partial charge in [-0.2, -0.15) is 10.4 Å². The van der Waals surface area contributed by atoms with Gasteiger partial charge in [-0.25, -0.2) is 0 Å². The van der Waals surface area contributed by atoms with E-state index in [0.717, 1.165) is 47.7 Å². The van der Waals surface area contributed by atoms with Crippen molar-refractivity contribution in [2.75, 3.05) is 5.32 Å². The summed E-state index contributed by atoms with van der Waals surface area (Å²) < 4.78 is 0. The first kappa shape index (κ1) is 15.3. The van der Waals surface area contributed by atoms with Crippen LogP contribution in [-0.2, 0) is 12.8 Å². The van der Waals surface area contributed by atoms with E-state index in [2.05, 4.69) is 26.6 Å². The van der Waals surface area contributed by atoms with Crippen molar-refractivity contribution >= 4 is 22.6 Å². The average molecular weight is 331 g/mol. The Balaban J connectivity index is 1.69. The molecule has 0 radical (unpaired) electrons. The number of aryl methyl sites for hydroxylation is 2. The minimum atomic E-state index is -0.193. The summed E-state index contributed by atoms with van der Waals surface area (Å²) in [6.45, 7) is 1.87. The summed E-state index contributed by atoms with van der Waals surface area (Å²) in [5, 5.41) is 19.9. The summed E-state index contributed by atoms with van der Waals surface area (Å²) in [6.07, 6.45) is 7.62. The van der Waals surface area contributed by atoms with Gasteiger partial charge in [0.25, 0.3) is 5.91 Å². The van der Waals surface area contributed by atoms with Crippen LogP contribution in [0.5, 0.6) is 0 Å². The number of aromatic amines is 1. The Hall–Kier alpha value is -3.20. The number of nitrogens with zero attached hydrogens (tertiary/aromatic N) is 3. The molecule has 0 saturated carbocycles. The van der Waals surface area contributed by atoms with E-state index < -0.39 is 0 Å². The standard InChI is InChI=1S/C19H17N5O/c1-11-6-15-17(7-13(11)8-20)23-24-18(15)22-19(25)16-10-21-9-12-4-2-3-5-14(12)16/h6-7,9-10H,2-5H2,1H3,(H2,22,23,24,25). The van der Waals surface area contributed by atoms with Crippen LogP contribution < -0.4 is 5.32 Å². The van der Waals surface area contributed by atoms with Crippen LogP contribution in [0.1, 0.15) is 45.5 Å². The lowest BCUT2D eigenvalue weighted by Gasteiger charge is -2.17. The topological polar surface area (TPSA) is 94.5 Å². The van der Waals surface area contributed by atoms with Crippen LogP contribution in [0.3, 0.4) is 0 Å². The number of pyridine rings is 1. The molecule has 0 fully saturated rings. The number of aromatic nitrogens is 3. The van der Waals surface area contributed by atoms with Crippen LogP contribution in [0, 0.1) is 18.3 Å². The lowest BCUT2D eigenvalue weighted by atomic mass is 9.90. The number of fused-ring (bicyclic) bond motifs is 2. The Morgan fingerprint density at radius 3 is 2.96 bits per heavy atom. The first-order chi connectivity index (χ1) is 12.2. The average Bonchev–Trinajstić information content (AvgIpc) is 3.02. The number of hydrogen-bond acceptors (Lipinski definition) is 4. The lowest BCUT2D eigenvalue weighted by Crippen LogP contribution is -2.18. The smallest absolute Gasteiger partial charge is 0.258 e. The molecule has 2 N–H and O–H groups in total. The summed E-state index contributed by atoms with van der Waals surface area (Å²) in [6, 6.07) is 5.77. The number of hydrogen-bond donors (Lipinski definition) is 2. The third-order valence-electron chi connectivity index (χ3n) is 4.77. The van der Waals surface area contributed by atoms with Crippen LogP contribution in [0.25, 0.3) is 10.9 Å². The molecule has 6 heteroatoms. The largest absolute Gasteiger partial charge is 0.305 e. The number of rotatable bonds is 2. The van der Waals surface area contributed by atoms with Gasteiger partial charge in [0.05, 0.1) is 22.7 Å². The maximum atomic E-state index is 12.8. The van der Waals surface area contributed by atoms with Crippen molar-refractivity contribution in [2.45, 2.75) is 32.6 Å². The molecule has 1 aliphatic carbocycles. The van der Waals surface area contributed by atoms with Gasteiger partial charge in [-0.1, -0.05) is 0 Å². The van der Waals surface area contributed by atoms with Crippen molar-refractivity contribution in [3.63, 3.8) is 0 Å². The van der Waals surface area contributed by atoms with E-state index in [4.69, 9.17) is 5.26 Å². The Morgan fingerprint density at radius 1 is 1.28 bits per heavy atom. The van der Waals surface area contributed by atoms with Crippen LogP contribution in [0.15, 0.2) is 24.5 Å². The highest BCUT2D eigenvalue weighted by Gasteiger charge is 2.20. The number of nitrogens with one attached hydrogen (secondary N) is 2. The van der Waals surface area contributed by atoms with Crippen molar-refractivity contribution in [3.8, 4) is 6.07 Å². The highest BCUT2D eigenvalue weighted by molar-refractivity contribution is 6.08. The van der Waals surface area contributed by atoms with Gasteiger partial charge < -0.3 is 5.32 Å². The van der Waals surface area contributed by atoms with E-state index in [9.17, 15) is 4.79 Å². The van der Waals surface area contributed by atoms with E-state index in [1.54, 1.807) is 12.3 Å². The summed E-state index contributed by atoms with van der Waals surface area (Å²) >= 11 is 0. The Bertz CT molecular complexity index is 1030. The molecule has 0 bridgehead atoms. The van der Waals surface area contributed by atoms with Crippen molar-refractivity contribution in [1.82, 2.24) is 15.2 Å². The predicted molar refractivity (Wildman–Crippen MR) is 94.4 cm³/mol. The number of carbonyl (C=O) groups is 1. The SMILES string of the molecule is Cc1cc2c(NC(=O)c3cncc4c3CCCC4)n[nH]c2cc1C#N.